The first-order valence-electron chi connectivity index (χ1n) is 7.34. The molecular weight excluding hydrogens is 332 g/mol. The molecule has 3 N–H and O–H groups in total. The number of carboxylic acids is 1. The number of aliphatic carboxylic acids is 1. The molecule has 24 heavy (non-hydrogen) atoms. The summed E-state index contributed by atoms with van der Waals surface area (Å²) in [6, 6.07) is 7.77. The number of carbonyl (C=O) groups is 2. The summed E-state index contributed by atoms with van der Waals surface area (Å²) >= 11 is 1.07. The van der Waals surface area contributed by atoms with Crippen molar-refractivity contribution in [1.82, 2.24) is 10.6 Å². The number of nitrogens with one attached hydrogen (secondary N) is 2. The van der Waals surface area contributed by atoms with E-state index in [1.54, 1.807) is 6.21 Å². The van der Waals surface area contributed by atoms with Gasteiger partial charge in [-0.15, -0.1) is 5.10 Å². The summed E-state index contributed by atoms with van der Waals surface area (Å²) < 4.78 is 5.52. The quantitative estimate of drug-likeness (QED) is 0.533. The lowest BCUT2D eigenvalue weighted by molar-refractivity contribution is -0.138. The summed E-state index contributed by atoms with van der Waals surface area (Å²) in [6.07, 6.45) is 1.41. The van der Waals surface area contributed by atoms with Crippen LogP contribution in [-0.4, -0.2) is 46.9 Å². The Morgan fingerprint density at radius 2 is 2.21 bits per heavy atom. The minimum absolute atomic E-state index is 0.0764. The number of amides is 1. The van der Waals surface area contributed by atoms with Crippen LogP contribution in [0.1, 0.15) is 23.7 Å². The van der Waals surface area contributed by atoms with Crippen molar-refractivity contribution >= 4 is 35.0 Å². The number of ether oxygens (including phenoxy) is 1. The van der Waals surface area contributed by atoms with Crippen molar-refractivity contribution in [2.75, 3.05) is 13.3 Å². The zero-order chi connectivity index (χ0) is 16.9. The Kier molecular flexibility index (Phi) is 5.24. The van der Waals surface area contributed by atoms with E-state index in [-0.39, 0.29) is 18.4 Å². The van der Waals surface area contributed by atoms with Crippen LogP contribution in [0.2, 0.25) is 0 Å². The summed E-state index contributed by atoms with van der Waals surface area (Å²) in [5.74, 6) is -1.38. The van der Waals surface area contributed by atoms with E-state index in [4.69, 9.17) is 9.84 Å². The monoisotopic (exact) mass is 348 g/mol. The summed E-state index contributed by atoms with van der Waals surface area (Å²) in [4.78, 5) is 22.2. The number of hydrogen-bond acceptors (Lipinski definition) is 7. The molecule has 0 saturated carbocycles. The first-order valence-corrected chi connectivity index (χ1v) is 8.22. The molecule has 2 saturated heterocycles. The van der Waals surface area contributed by atoms with E-state index in [0.29, 0.717) is 11.9 Å². The van der Waals surface area contributed by atoms with Gasteiger partial charge in [0.1, 0.15) is 5.25 Å². The van der Waals surface area contributed by atoms with Crippen LogP contribution in [0, 0.1) is 0 Å². The van der Waals surface area contributed by atoms with Crippen LogP contribution >= 0.6 is 11.8 Å². The van der Waals surface area contributed by atoms with Crippen LogP contribution in [0.5, 0.6) is 0 Å². The summed E-state index contributed by atoms with van der Waals surface area (Å²) in [5, 5.41) is 21.9. The van der Waals surface area contributed by atoms with Crippen molar-refractivity contribution in [1.29, 1.82) is 0 Å². The first kappa shape index (κ1) is 16.6. The molecule has 1 aromatic rings. The zero-order valence-corrected chi connectivity index (χ0v) is 13.5. The number of benzene rings is 1. The molecule has 2 heterocycles. The average molecular weight is 348 g/mol. The molecule has 126 valence electrons. The topological polar surface area (TPSA) is 112 Å². The normalized spacial score (nSPS) is 25.5. The summed E-state index contributed by atoms with van der Waals surface area (Å²) in [5.41, 5.74) is 1.96. The lowest BCUT2D eigenvalue weighted by Crippen LogP contribution is -2.26. The van der Waals surface area contributed by atoms with Crippen molar-refractivity contribution in [2.24, 2.45) is 10.2 Å². The second-order valence-corrected chi connectivity index (χ2v) is 6.46. The van der Waals surface area contributed by atoms with Crippen molar-refractivity contribution in [3.63, 3.8) is 0 Å². The van der Waals surface area contributed by atoms with E-state index in [9.17, 15) is 9.59 Å². The molecular formula is C15H16N4O4S. The van der Waals surface area contributed by atoms with Gasteiger partial charge in [0.25, 0.3) is 0 Å². The Hall–Kier alpha value is -2.23. The number of carboxylic acid groups (broad SMARTS) is 1. The fourth-order valence-corrected chi connectivity index (χ4v) is 3.23. The van der Waals surface area contributed by atoms with Gasteiger partial charge in [-0.1, -0.05) is 36.0 Å². The molecule has 2 aliphatic rings. The molecule has 2 fully saturated rings. The average Bonchev–Trinajstić information content (AvgIpc) is 3.19. The maximum absolute atomic E-state index is 11.6. The van der Waals surface area contributed by atoms with Crippen molar-refractivity contribution < 1.29 is 19.4 Å². The zero-order valence-electron chi connectivity index (χ0n) is 12.6. The van der Waals surface area contributed by atoms with Gasteiger partial charge in [-0.3, -0.25) is 14.9 Å². The van der Waals surface area contributed by atoms with Gasteiger partial charge in [0.2, 0.25) is 5.91 Å². The number of nitrogens with zero attached hydrogens (tertiary/aromatic N) is 2. The molecule has 0 bridgehead atoms. The highest BCUT2D eigenvalue weighted by Crippen LogP contribution is 2.22. The standard InChI is InChI=1S/C15H16N4O4S/c20-13(21)5-12-14(22)18-15(24-12)19-17-6-9-1-3-10(4-2-9)11-7-16-8-23-11/h1-4,6,11-12,16H,5,7-8H2,(H,20,21)(H,18,19,22). The van der Waals surface area contributed by atoms with Gasteiger partial charge < -0.3 is 15.2 Å². The molecule has 0 aliphatic carbocycles. The maximum Gasteiger partial charge on any atom is 0.305 e. The van der Waals surface area contributed by atoms with Crippen molar-refractivity contribution in [2.45, 2.75) is 17.8 Å². The second-order valence-electron chi connectivity index (χ2n) is 5.26. The fourth-order valence-electron chi connectivity index (χ4n) is 2.31. The third-order valence-electron chi connectivity index (χ3n) is 3.52. The third kappa shape index (κ3) is 4.19. The second kappa shape index (κ2) is 7.56. The lowest BCUT2D eigenvalue weighted by Gasteiger charge is -2.08. The van der Waals surface area contributed by atoms with E-state index >= 15 is 0 Å². The molecule has 0 aromatic heterocycles. The minimum Gasteiger partial charge on any atom is -0.481 e. The van der Waals surface area contributed by atoms with Crippen LogP contribution in [0.3, 0.4) is 0 Å². The van der Waals surface area contributed by atoms with E-state index in [0.717, 1.165) is 29.4 Å². The van der Waals surface area contributed by atoms with Crippen LogP contribution in [0.4, 0.5) is 0 Å². The molecule has 8 nitrogen and oxygen atoms in total. The van der Waals surface area contributed by atoms with Gasteiger partial charge in [0.15, 0.2) is 5.17 Å². The Labute approximate surface area is 142 Å². The van der Waals surface area contributed by atoms with Gasteiger partial charge in [0, 0.05) is 6.54 Å². The fraction of sp³-hybridized carbons (Fsp3) is 0.333. The van der Waals surface area contributed by atoms with E-state index < -0.39 is 11.2 Å². The molecule has 3 rings (SSSR count). The van der Waals surface area contributed by atoms with E-state index in [1.165, 1.54) is 0 Å². The lowest BCUT2D eigenvalue weighted by atomic mass is 10.1. The minimum atomic E-state index is -1.02. The predicted octanol–water partition coefficient (Wildman–Crippen LogP) is 0.701. The summed E-state index contributed by atoms with van der Waals surface area (Å²) in [6.45, 7) is 1.37. The van der Waals surface area contributed by atoms with Gasteiger partial charge in [-0.25, -0.2) is 0 Å². The highest BCUT2D eigenvalue weighted by molar-refractivity contribution is 8.15. The van der Waals surface area contributed by atoms with Crippen LogP contribution in [-0.2, 0) is 14.3 Å². The number of rotatable bonds is 5. The third-order valence-corrected chi connectivity index (χ3v) is 4.59. The number of amidine groups is 1. The SMILES string of the molecule is O=C(O)CC1SC(=NN=Cc2ccc(C3CNCO3)cc2)NC1=O. The smallest absolute Gasteiger partial charge is 0.305 e. The van der Waals surface area contributed by atoms with Crippen molar-refractivity contribution in [3.05, 3.63) is 35.4 Å². The van der Waals surface area contributed by atoms with Crippen LogP contribution in [0.25, 0.3) is 0 Å². The van der Waals surface area contributed by atoms with Crippen LogP contribution < -0.4 is 10.6 Å². The van der Waals surface area contributed by atoms with Gasteiger partial charge in [-0.05, 0) is 11.1 Å². The first-order chi connectivity index (χ1) is 11.6. The molecule has 2 unspecified atom stereocenters. The Morgan fingerprint density at radius 1 is 1.42 bits per heavy atom. The Bertz CT molecular complexity index is 683. The molecule has 0 spiro atoms. The van der Waals surface area contributed by atoms with Crippen molar-refractivity contribution in [3.8, 4) is 0 Å². The number of carbonyl (C=O) groups excluding carboxylic acids is 1. The van der Waals surface area contributed by atoms with Gasteiger partial charge in [0.05, 0.1) is 25.5 Å². The highest BCUT2D eigenvalue weighted by atomic mass is 32.2. The molecule has 1 amide bonds. The number of thioether (sulfide) groups is 1. The summed E-state index contributed by atoms with van der Waals surface area (Å²) in [7, 11) is 0. The van der Waals surface area contributed by atoms with E-state index in [2.05, 4.69) is 20.8 Å². The maximum atomic E-state index is 11.6. The Balaban J connectivity index is 1.58. The molecule has 2 atom stereocenters. The highest BCUT2D eigenvalue weighted by Gasteiger charge is 2.32. The number of hydrogen-bond donors (Lipinski definition) is 3. The molecule has 2 aliphatic heterocycles. The van der Waals surface area contributed by atoms with Crippen LogP contribution in [0.15, 0.2) is 34.5 Å². The largest absolute Gasteiger partial charge is 0.481 e. The molecule has 1 aromatic carbocycles. The predicted molar refractivity (Wildman–Crippen MR) is 89.9 cm³/mol. The molecule has 9 heteroatoms. The Morgan fingerprint density at radius 3 is 2.88 bits per heavy atom. The molecule has 0 radical (unpaired) electrons. The van der Waals surface area contributed by atoms with E-state index in [1.807, 2.05) is 24.3 Å². The van der Waals surface area contributed by atoms with Gasteiger partial charge >= 0.3 is 5.97 Å². The van der Waals surface area contributed by atoms with Gasteiger partial charge in [-0.2, -0.15) is 5.10 Å².